The monoisotopic (exact) mass is 609 g/mol. The summed E-state index contributed by atoms with van der Waals surface area (Å²) in [5.41, 5.74) is 3.95. The van der Waals surface area contributed by atoms with Gasteiger partial charge in [-0.2, -0.15) is 0 Å². The van der Waals surface area contributed by atoms with Crippen LogP contribution in [0.1, 0.15) is 41.2 Å². The van der Waals surface area contributed by atoms with Gasteiger partial charge in [-0.05, 0) is 78.6 Å². The van der Waals surface area contributed by atoms with Crippen LogP contribution in [0.25, 0.3) is 22.9 Å². The van der Waals surface area contributed by atoms with Crippen LogP contribution >= 0.6 is 34.8 Å². The van der Waals surface area contributed by atoms with E-state index < -0.39 is 5.97 Å². The van der Waals surface area contributed by atoms with Crippen LogP contribution in [0.5, 0.6) is 17.2 Å². The first-order valence-electron chi connectivity index (χ1n) is 12.8. The maximum Gasteiger partial charge on any atom is 0.328 e. The molecule has 208 valence electrons. The van der Waals surface area contributed by atoms with Gasteiger partial charge < -0.3 is 23.8 Å². The fourth-order valence-corrected chi connectivity index (χ4v) is 5.44. The average molecular weight is 611 g/mol. The Morgan fingerprint density at radius 3 is 2.49 bits per heavy atom. The molecule has 2 aliphatic rings. The minimum absolute atomic E-state index is 0.158. The second-order valence-electron chi connectivity index (χ2n) is 9.56. The summed E-state index contributed by atoms with van der Waals surface area (Å²) >= 11 is 19.7. The number of aromatic nitrogens is 1. The first-order valence-corrected chi connectivity index (χ1v) is 13.9. The number of aliphatic carboxylic acids is 1. The Balaban J connectivity index is 1.29. The molecule has 0 unspecified atom stereocenters. The highest BCUT2D eigenvalue weighted by atomic mass is 35.5. The van der Waals surface area contributed by atoms with Gasteiger partial charge in [0.25, 0.3) is 0 Å². The summed E-state index contributed by atoms with van der Waals surface area (Å²) in [4.78, 5) is 11.3. The number of nitrogens with zero attached hydrogens (tertiary/aromatic N) is 1. The summed E-state index contributed by atoms with van der Waals surface area (Å²) in [6.07, 6.45) is 6.41. The Bertz CT molecular complexity index is 1690. The smallest absolute Gasteiger partial charge is 0.328 e. The lowest BCUT2D eigenvalue weighted by molar-refractivity contribution is -0.131. The van der Waals surface area contributed by atoms with Gasteiger partial charge in [0.05, 0.1) is 20.6 Å². The molecule has 1 saturated carbocycles. The average Bonchev–Trinajstić information content (AvgIpc) is 3.53. The summed E-state index contributed by atoms with van der Waals surface area (Å²) in [5, 5.41) is 14.9. The lowest BCUT2D eigenvalue weighted by Crippen LogP contribution is -2.00. The van der Waals surface area contributed by atoms with E-state index in [0.717, 1.165) is 35.8 Å². The fourth-order valence-electron chi connectivity index (χ4n) is 4.58. The van der Waals surface area contributed by atoms with Crippen LogP contribution in [-0.4, -0.2) is 23.0 Å². The summed E-state index contributed by atoms with van der Waals surface area (Å²) in [5.74, 6) is 1.77. The predicted molar refractivity (Wildman–Crippen MR) is 157 cm³/mol. The molecule has 0 saturated heterocycles. The zero-order chi connectivity index (χ0) is 28.5. The molecule has 0 spiro atoms. The van der Waals surface area contributed by atoms with E-state index in [4.69, 9.17) is 53.5 Å². The number of carbonyl (C=O) groups is 1. The molecule has 0 radical (unpaired) electrons. The molecule has 10 heteroatoms. The first kappa shape index (κ1) is 27.3. The topological polar surface area (TPSA) is 91.0 Å². The minimum Gasteiger partial charge on any atom is -0.489 e. The lowest BCUT2D eigenvalue weighted by Gasteiger charge is -2.12. The molecular weight excluding hydrogens is 589 g/mol. The highest BCUT2D eigenvalue weighted by molar-refractivity contribution is 6.39. The van der Waals surface area contributed by atoms with Crippen molar-refractivity contribution in [3.8, 4) is 28.5 Å². The summed E-state index contributed by atoms with van der Waals surface area (Å²) in [6.45, 7) is 0.326. The molecule has 0 amide bonds. The second kappa shape index (κ2) is 11.5. The van der Waals surface area contributed by atoms with E-state index >= 15 is 0 Å². The van der Waals surface area contributed by atoms with E-state index in [2.05, 4.69) is 5.16 Å². The van der Waals surface area contributed by atoms with Gasteiger partial charge in [-0.25, -0.2) is 4.79 Å². The second-order valence-corrected chi connectivity index (χ2v) is 10.8. The summed E-state index contributed by atoms with van der Waals surface area (Å²) < 4.78 is 22.7. The maximum atomic E-state index is 11.3. The van der Waals surface area contributed by atoms with Crippen LogP contribution in [0.3, 0.4) is 0 Å². The van der Waals surface area contributed by atoms with Crippen LogP contribution in [0.4, 0.5) is 0 Å². The number of rotatable bonds is 9. The van der Waals surface area contributed by atoms with Crippen molar-refractivity contribution in [3.05, 3.63) is 104 Å². The van der Waals surface area contributed by atoms with E-state index in [9.17, 15) is 9.90 Å². The zero-order valence-corrected chi connectivity index (χ0v) is 23.7. The molecule has 3 aromatic carbocycles. The molecule has 41 heavy (non-hydrogen) atoms. The third-order valence-electron chi connectivity index (χ3n) is 6.73. The molecule has 6 rings (SSSR count). The number of ether oxygens (including phenoxy) is 3. The van der Waals surface area contributed by atoms with Gasteiger partial charge in [-0.3, -0.25) is 0 Å². The molecule has 1 fully saturated rings. The molecule has 2 heterocycles. The molecule has 1 aliphatic heterocycles. The standard InChI is InChI=1S/C31H22Cl3NO6/c32-23-2-1-3-24(33)29(23)30-22(31(41-35-30)18-5-6-18)15-38-20-8-9-21(25(34)14-20)19(7-11-28(36)37)12-17-4-10-26-27(13-17)40-16-39-26/h1-4,7-14,18H,5-6,15-16H2,(H,36,37). The van der Waals surface area contributed by atoms with Crippen molar-refractivity contribution >= 4 is 52.4 Å². The number of carboxylic acids is 1. The maximum absolute atomic E-state index is 11.3. The summed E-state index contributed by atoms with van der Waals surface area (Å²) in [7, 11) is 0. The van der Waals surface area contributed by atoms with Gasteiger partial charge in [-0.1, -0.05) is 52.1 Å². The van der Waals surface area contributed by atoms with Gasteiger partial charge >= 0.3 is 5.97 Å². The van der Waals surface area contributed by atoms with Crippen molar-refractivity contribution in [2.45, 2.75) is 25.4 Å². The SMILES string of the molecule is O=C(O)C=CC(=Cc1ccc2c(c1)OCO2)c1ccc(OCc2c(-c3c(Cl)cccc3Cl)noc2C2CC2)cc1Cl. The van der Waals surface area contributed by atoms with Crippen LogP contribution < -0.4 is 14.2 Å². The zero-order valence-electron chi connectivity index (χ0n) is 21.4. The highest BCUT2D eigenvalue weighted by Crippen LogP contribution is 2.46. The highest BCUT2D eigenvalue weighted by Gasteiger charge is 2.33. The number of halogens is 3. The Labute approximate surface area is 250 Å². The Hall–Kier alpha value is -3.91. The van der Waals surface area contributed by atoms with Gasteiger partial charge in [0, 0.05) is 23.1 Å². The lowest BCUT2D eigenvalue weighted by atomic mass is 10.0. The molecule has 7 nitrogen and oxygen atoms in total. The Morgan fingerprint density at radius 1 is 0.976 bits per heavy atom. The van der Waals surface area contributed by atoms with E-state index in [0.29, 0.717) is 54.7 Å². The Morgan fingerprint density at radius 2 is 1.76 bits per heavy atom. The van der Waals surface area contributed by atoms with E-state index in [-0.39, 0.29) is 19.3 Å². The Kier molecular flexibility index (Phi) is 7.67. The summed E-state index contributed by atoms with van der Waals surface area (Å²) in [6, 6.07) is 16.0. The number of carboxylic acid groups (broad SMARTS) is 1. The van der Waals surface area contributed by atoms with Gasteiger partial charge in [0.2, 0.25) is 6.79 Å². The third-order valence-corrected chi connectivity index (χ3v) is 7.67. The molecule has 0 atom stereocenters. The molecule has 1 N–H and O–H groups in total. The molecule has 1 aromatic heterocycles. The number of hydrogen-bond donors (Lipinski definition) is 1. The normalized spacial score (nSPS) is 14.6. The van der Waals surface area contributed by atoms with Crippen LogP contribution in [-0.2, 0) is 11.4 Å². The van der Waals surface area contributed by atoms with E-state index in [1.54, 1.807) is 42.5 Å². The van der Waals surface area contributed by atoms with E-state index in [1.165, 1.54) is 6.08 Å². The van der Waals surface area contributed by atoms with Crippen molar-refractivity contribution < 1.29 is 28.6 Å². The van der Waals surface area contributed by atoms with Crippen molar-refractivity contribution in [1.29, 1.82) is 0 Å². The van der Waals surface area contributed by atoms with Crippen molar-refractivity contribution in [2.24, 2.45) is 0 Å². The fraction of sp³-hybridized carbons (Fsp3) is 0.161. The minimum atomic E-state index is -1.08. The van der Waals surface area contributed by atoms with Gasteiger partial charge in [0.15, 0.2) is 11.5 Å². The number of allylic oxidation sites excluding steroid dienone is 2. The van der Waals surface area contributed by atoms with Crippen molar-refractivity contribution in [1.82, 2.24) is 5.16 Å². The van der Waals surface area contributed by atoms with Crippen molar-refractivity contribution in [2.75, 3.05) is 6.79 Å². The number of benzene rings is 3. The molecule has 4 aromatic rings. The predicted octanol–water partition coefficient (Wildman–Crippen LogP) is 8.67. The van der Waals surface area contributed by atoms with Crippen LogP contribution in [0, 0.1) is 0 Å². The van der Waals surface area contributed by atoms with Crippen molar-refractivity contribution in [3.63, 3.8) is 0 Å². The van der Waals surface area contributed by atoms with Gasteiger partial charge in [-0.15, -0.1) is 0 Å². The third kappa shape index (κ3) is 5.93. The first-order chi connectivity index (χ1) is 19.9. The number of fused-ring (bicyclic) bond motifs is 1. The van der Waals surface area contributed by atoms with Crippen LogP contribution in [0.15, 0.2) is 71.3 Å². The number of hydrogen-bond acceptors (Lipinski definition) is 6. The van der Waals surface area contributed by atoms with Crippen LogP contribution in [0.2, 0.25) is 15.1 Å². The quantitative estimate of drug-likeness (QED) is 0.115. The van der Waals surface area contributed by atoms with Gasteiger partial charge in [0.1, 0.15) is 23.8 Å². The molecule has 1 aliphatic carbocycles. The molecule has 0 bridgehead atoms. The largest absolute Gasteiger partial charge is 0.489 e. The van der Waals surface area contributed by atoms with E-state index in [1.807, 2.05) is 18.2 Å². The molecular formula is C31H22Cl3NO6.